The first-order valence-electron chi connectivity index (χ1n) is 8.51. The molecular weight excluding hydrogens is 266 g/mol. The van der Waals surface area contributed by atoms with E-state index in [0.717, 1.165) is 32.1 Å². The van der Waals surface area contributed by atoms with E-state index < -0.39 is 6.10 Å². The lowest BCUT2D eigenvalue weighted by atomic mass is 9.85. The number of amides is 1. The maximum atomic E-state index is 12.3. The molecule has 2 rings (SSSR count). The summed E-state index contributed by atoms with van der Waals surface area (Å²) >= 11 is 0. The highest BCUT2D eigenvalue weighted by molar-refractivity contribution is 5.80. The Bertz CT molecular complexity index is 360. The van der Waals surface area contributed by atoms with Gasteiger partial charge in [-0.25, -0.2) is 0 Å². The fourth-order valence-electron chi connectivity index (χ4n) is 3.81. The normalized spacial score (nSPS) is 38.2. The average molecular weight is 297 g/mol. The molecule has 0 heterocycles. The Labute approximate surface area is 128 Å². The van der Waals surface area contributed by atoms with Gasteiger partial charge in [-0.1, -0.05) is 33.1 Å². The smallest absolute Gasteiger partial charge is 0.249 e. The summed E-state index contributed by atoms with van der Waals surface area (Å²) in [5.41, 5.74) is -0.172. The summed E-state index contributed by atoms with van der Waals surface area (Å²) in [6.45, 7) is 6.29. The van der Waals surface area contributed by atoms with E-state index in [2.05, 4.69) is 19.2 Å². The lowest BCUT2D eigenvalue weighted by Crippen LogP contribution is -2.48. The van der Waals surface area contributed by atoms with Gasteiger partial charge >= 0.3 is 0 Å². The molecule has 2 saturated carbocycles. The predicted octanol–water partition coefficient (Wildman–Crippen LogP) is 2.64. The molecule has 2 aliphatic carbocycles. The average Bonchev–Trinajstić information content (AvgIpc) is 2.81. The Morgan fingerprint density at radius 3 is 2.81 bits per heavy atom. The third-order valence-corrected chi connectivity index (χ3v) is 5.41. The molecule has 2 N–H and O–H groups in total. The van der Waals surface area contributed by atoms with Gasteiger partial charge in [0.15, 0.2) is 0 Å². The molecule has 5 unspecified atom stereocenters. The van der Waals surface area contributed by atoms with Gasteiger partial charge in [0, 0.05) is 11.5 Å². The summed E-state index contributed by atoms with van der Waals surface area (Å²) in [5, 5.41) is 12.7. The lowest BCUT2D eigenvalue weighted by molar-refractivity contribution is -0.138. The van der Waals surface area contributed by atoms with E-state index in [0.29, 0.717) is 5.92 Å². The maximum absolute atomic E-state index is 12.3. The molecule has 0 aliphatic heterocycles. The van der Waals surface area contributed by atoms with Gasteiger partial charge in [0.05, 0.1) is 12.7 Å². The quantitative estimate of drug-likeness (QED) is 0.820. The Morgan fingerprint density at radius 1 is 1.38 bits per heavy atom. The highest BCUT2D eigenvalue weighted by Crippen LogP contribution is 2.37. The van der Waals surface area contributed by atoms with Gasteiger partial charge in [0.25, 0.3) is 0 Å². The summed E-state index contributed by atoms with van der Waals surface area (Å²) in [5.74, 6) is 0.673. The molecule has 0 aromatic carbocycles. The third-order valence-electron chi connectivity index (χ3n) is 5.41. The summed E-state index contributed by atoms with van der Waals surface area (Å²) in [6.07, 6.45) is 7.43. The fraction of sp³-hybridized carbons (Fsp3) is 0.941. The molecule has 2 aliphatic rings. The minimum atomic E-state index is -0.399. The van der Waals surface area contributed by atoms with Crippen LogP contribution in [0.15, 0.2) is 0 Å². The summed E-state index contributed by atoms with van der Waals surface area (Å²) in [4.78, 5) is 12.3. The topological polar surface area (TPSA) is 58.6 Å². The van der Waals surface area contributed by atoms with Crippen LogP contribution < -0.4 is 5.32 Å². The zero-order valence-corrected chi connectivity index (χ0v) is 13.7. The van der Waals surface area contributed by atoms with E-state index >= 15 is 0 Å². The zero-order chi connectivity index (χ0) is 15.5. The lowest BCUT2D eigenvalue weighted by Gasteiger charge is -2.32. The molecule has 0 saturated heterocycles. The van der Waals surface area contributed by atoms with E-state index in [-0.39, 0.29) is 30.1 Å². The Balaban J connectivity index is 1.82. The van der Waals surface area contributed by atoms with Crippen LogP contribution in [0.4, 0.5) is 0 Å². The van der Waals surface area contributed by atoms with Crippen molar-refractivity contribution in [1.82, 2.24) is 5.32 Å². The number of ether oxygens (including phenoxy) is 1. The van der Waals surface area contributed by atoms with E-state index in [1.165, 1.54) is 12.8 Å². The Hall–Kier alpha value is -0.610. The number of carbonyl (C=O) groups excluding carboxylic acids is 1. The predicted molar refractivity (Wildman–Crippen MR) is 82.9 cm³/mol. The first-order chi connectivity index (χ1) is 9.94. The van der Waals surface area contributed by atoms with Crippen LogP contribution in [-0.4, -0.2) is 35.9 Å². The van der Waals surface area contributed by atoms with Crippen LogP contribution in [0.25, 0.3) is 0 Å². The highest BCUT2D eigenvalue weighted by atomic mass is 16.5. The van der Waals surface area contributed by atoms with Crippen LogP contribution in [0.5, 0.6) is 0 Å². The van der Waals surface area contributed by atoms with Crippen LogP contribution in [0.3, 0.4) is 0 Å². The van der Waals surface area contributed by atoms with E-state index in [9.17, 15) is 9.90 Å². The third kappa shape index (κ3) is 4.19. The van der Waals surface area contributed by atoms with Crippen molar-refractivity contribution in [1.29, 1.82) is 0 Å². The van der Waals surface area contributed by atoms with Crippen molar-refractivity contribution in [2.45, 2.75) is 84.0 Å². The molecule has 4 heteroatoms. The minimum Gasteiger partial charge on any atom is -0.396 e. The molecule has 2 fully saturated rings. The number of aliphatic hydroxyl groups excluding tert-OH is 1. The summed E-state index contributed by atoms with van der Waals surface area (Å²) in [6, 6.07) is 0.0753. The van der Waals surface area contributed by atoms with Crippen molar-refractivity contribution < 1.29 is 14.6 Å². The molecule has 0 aromatic rings. The first-order valence-corrected chi connectivity index (χ1v) is 8.51. The Kier molecular flexibility index (Phi) is 5.67. The SMILES string of the molecule is CC1CCCC(OC(C)C(=O)NC2CCCC2(C)CO)C1. The van der Waals surface area contributed by atoms with Crippen molar-refractivity contribution in [3.8, 4) is 0 Å². The minimum absolute atomic E-state index is 0.0280. The van der Waals surface area contributed by atoms with Gasteiger partial charge in [-0.2, -0.15) is 0 Å². The maximum Gasteiger partial charge on any atom is 0.249 e. The molecule has 4 nitrogen and oxygen atoms in total. The molecule has 21 heavy (non-hydrogen) atoms. The number of nitrogens with one attached hydrogen (secondary N) is 1. The molecule has 0 aromatic heterocycles. The van der Waals surface area contributed by atoms with Crippen LogP contribution in [0, 0.1) is 11.3 Å². The van der Waals surface area contributed by atoms with Crippen molar-refractivity contribution in [2.24, 2.45) is 11.3 Å². The zero-order valence-electron chi connectivity index (χ0n) is 13.7. The fourth-order valence-corrected chi connectivity index (χ4v) is 3.81. The van der Waals surface area contributed by atoms with Crippen LogP contribution in [0.2, 0.25) is 0 Å². The van der Waals surface area contributed by atoms with E-state index in [1.807, 2.05) is 6.92 Å². The molecular formula is C17H31NO3. The van der Waals surface area contributed by atoms with Crippen LogP contribution >= 0.6 is 0 Å². The number of rotatable bonds is 5. The summed E-state index contributed by atoms with van der Waals surface area (Å²) < 4.78 is 5.96. The summed E-state index contributed by atoms with van der Waals surface area (Å²) in [7, 11) is 0. The molecule has 0 radical (unpaired) electrons. The Morgan fingerprint density at radius 2 is 2.14 bits per heavy atom. The number of aliphatic hydroxyl groups is 1. The van der Waals surface area contributed by atoms with Gasteiger partial charge in [0.2, 0.25) is 5.91 Å². The van der Waals surface area contributed by atoms with Gasteiger partial charge in [-0.3, -0.25) is 4.79 Å². The van der Waals surface area contributed by atoms with Gasteiger partial charge in [-0.05, 0) is 38.5 Å². The molecule has 0 spiro atoms. The van der Waals surface area contributed by atoms with Crippen molar-refractivity contribution in [3.05, 3.63) is 0 Å². The highest BCUT2D eigenvalue weighted by Gasteiger charge is 2.39. The van der Waals surface area contributed by atoms with Crippen molar-refractivity contribution in [2.75, 3.05) is 6.61 Å². The first kappa shape index (κ1) is 16.8. The second-order valence-corrected chi connectivity index (χ2v) is 7.44. The van der Waals surface area contributed by atoms with E-state index in [4.69, 9.17) is 4.74 Å². The second-order valence-electron chi connectivity index (χ2n) is 7.44. The van der Waals surface area contributed by atoms with Gasteiger partial charge in [0.1, 0.15) is 6.10 Å². The molecule has 0 bridgehead atoms. The monoisotopic (exact) mass is 297 g/mol. The number of hydrogen-bond donors (Lipinski definition) is 2. The number of hydrogen-bond acceptors (Lipinski definition) is 3. The number of carbonyl (C=O) groups is 1. The second kappa shape index (κ2) is 7.10. The van der Waals surface area contributed by atoms with Crippen LogP contribution in [0.1, 0.15) is 65.7 Å². The largest absolute Gasteiger partial charge is 0.396 e. The van der Waals surface area contributed by atoms with Crippen molar-refractivity contribution in [3.63, 3.8) is 0 Å². The molecule has 122 valence electrons. The van der Waals surface area contributed by atoms with E-state index in [1.54, 1.807) is 0 Å². The van der Waals surface area contributed by atoms with Gasteiger partial charge < -0.3 is 15.2 Å². The molecule has 5 atom stereocenters. The standard InChI is InChI=1S/C17H31NO3/c1-12-6-4-7-14(10-12)21-13(2)16(20)18-15-8-5-9-17(15,3)11-19/h12-15,19H,4-11H2,1-3H3,(H,18,20). The van der Waals surface area contributed by atoms with Crippen LogP contribution in [-0.2, 0) is 9.53 Å². The molecule has 1 amide bonds. The van der Waals surface area contributed by atoms with Gasteiger partial charge in [-0.15, -0.1) is 0 Å². The van der Waals surface area contributed by atoms with Crippen molar-refractivity contribution >= 4 is 5.91 Å².